The maximum absolute atomic E-state index is 12.2. The molecule has 2 rings (SSSR count). The van der Waals surface area contributed by atoms with Crippen molar-refractivity contribution in [2.75, 3.05) is 6.54 Å². The van der Waals surface area contributed by atoms with Gasteiger partial charge in [0.2, 0.25) is 5.91 Å². The zero-order valence-electron chi connectivity index (χ0n) is 18.2. The van der Waals surface area contributed by atoms with E-state index in [1.54, 1.807) is 12.1 Å². The number of carbonyl (C=O) groups excluding carboxylic acids is 1. The van der Waals surface area contributed by atoms with Gasteiger partial charge in [0.25, 0.3) is 5.69 Å². The number of non-ortho nitro benzene ring substituents is 1. The Kier molecular flexibility index (Phi) is 10.4. The zero-order chi connectivity index (χ0) is 22.1. The van der Waals surface area contributed by atoms with Gasteiger partial charge in [0, 0.05) is 17.7 Å². The van der Waals surface area contributed by atoms with Crippen molar-refractivity contribution in [2.45, 2.75) is 45.8 Å². The summed E-state index contributed by atoms with van der Waals surface area (Å²) in [6.07, 6.45) is 0. The fraction of sp³-hybridized carbons (Fsp3) is 0.364. The highest BCUT2D eigenvalue weighted by molar-refractivity contribution is 14.0. The van der Waals surface area contributed by atoms with E-state index in [1.165, 1.54) is 12.1 Å². The van der Waals surface area contributed by atoms with Crippen molar-refractivity contribution in [1.29, 1.82) is 0 Å². The molecule has 0 aliphatic heterocycles. The van der Waals surface area contributed by atoms with E-state index >= 15 is 0 Å². The van der Waals surface area contributed by atoms with Gasteiger partial charge >= 0.3 is 0 Å². The van der Waals surface area contributed by atoms with Gasteiger partial charge in [-0.1, -0.05) is 42.5 Å². The molecule has 0 aliphatic carbocycles. The molecule has 0 saturated heterocycles. The van der Waals surface area contributed by atoms with Gasteiger partial charge < -0.3 is 16.0 Å². The highest BCUT2D eigenvalue weighted by Gasteiger charge is 2.15. The molecule has 1 atom stereocenters. The second kappa shape index (κ2) is 12.2. The van der Waals surface area contributed by atoms with Crippen LogP contribution in [0, 0.1) is 10.1 Å². The van der Waals surface area contributed by atoms with Crippen molar-refractivity contribution in [2.24, 2.45) is 4.99 Å². The van der Waals surface area contributed by atoms with E-state index in [1.807, 2.05) is 58.0 Å². The first-order valence-electron chi connectivity index (χ1n) is 9.78. The van der Waals surface area contributed by atoms with Crippen molar-refractivity contribution in [1.82, 2.24) is 16.0 Å². The summed E-state index contributed by atoms with van der Waals surface area (Å²) in [6, 6.07) is 16.1. The fourth-order valence-corrected chi connectivity index (χ4v) is 2.70. The van der Waals surface area contributed by atoms with Crippen molar-refractivity contribution < 1.29 is 9.72 Å². The second-order valence-electron chi connectivity index (χ2n) is 8.02. The number of rotatable bonds is 7. The Morgan fingerprint density at radius 2 is 1.71 bits per heavy atom. The van der Waals surface area contributed by atoms with Crippen LogP contribution in [0.2, 0.25) is 0 Å². The molecule has 2 aromatic rings. The van der Waals surface area contributed by atoms with Crippen LogP contribution in [0.15, 0.2) is 59.6 Å². The summed E-state index contributed by atoms with van der Waals surface area (Å²) in [6.45, 7) is 8.16. The van der Waals surface area contributed by atoms with Gasteiger partial charge in [0.15, 0.2) is 5.96 Å². The van der Waals surface area contributed by atoms with E-state index in [4.69, 9.17) is 0 Å². The van der Waals surface area contributed by atoms with Gasteiger partial charge in [-0.15, -0.1) is 24.0 Å². The molecule has 0 radical (unpaired) electrons. The van der Waals surface area contributed by atoms with Crippen LogP contribution in [-0.2, 0) is 11.3 Å². The Balaban J connectivity index is 0.00000480. The molecule has 0 aromatic heterocycles. The second-order valence-corrected chi connectivity index (χ2v) is 8.02. The number of hydrogen-bond acceptors (Lipinski definition) is 4. The number of hydrogen-bond donors (Lipinski definition) is 3. The standard InChI is InChI=1S/C22H29N5O3.HI/c1-16(18-8-6-5-7-9-18)25-21(24-15-20(28)26-22(2,3)4)23-14-17-10-12-19(13-11-17)27(29)30;/h5-13,16H,14-15H2,1-4H3,(H,26,28)(H2,23,24,25);1H. The molecule has 1 unspecified atom stereocenters. The molecule has 8 nitrogen and oxygen atoms in total. The predicted molar refractivity (Wildman–Crippen MR) is 134 cm³/mol. The Hall–Kier alpha value is -2.69. The first-order chi connectivity index (χ1) is 14.1. The van der Waals surface area contributed by atoms with Crippen molar-refractivity contribution in [3.63, 3.8) is 0 Å². The van der Waals surface area contributed by atoms with E-state index in [0.29, 0.717) is 12.5 Å². The van der Waals surface area contributed by atoms with Crippen LogP contribution in [0.5, 0.6) is 0 Å². The molecule has 0 heterocycles. The summed E-state index contributed by atoms with van der Waals surface area (Å²) in [5, 5.41) is 20.1. The summed E-state index contributed by atoms with van der Waals surface area (Å²) in [5.74, 6) is 0.341. The number of nitrogens with one attached hydrogen (secondary N) is 3. The minimum absolute atomic E-state index is 0. The molecular weight excluding hydrogens is 509 g/mol. The lowest BCUT2D eigenvalue weighted by Crippen LogP contribution is -2.48. The highest BCUT2D eigenvalue weighted by Crippen LogP contribution is 2.13. The lowest BCUT2D eigenvalue weighted by Gasteiger charge is -2.22. The van der Waals surface area contributed by atoms with Crippen LogP contribution >= 0.6 is 24.0 Å². The first kappa shape index (κ1) is 26.3. The van der Waals surface area contributed by atoms with Gasteiger partial charge in [-0.2, -0.15) is 0 Å². The molecule has 0 spiro atoms. The number of aliphatic imine (C=N–C) groups is 1. The van der Waals surface area contributed by atoms with E-state index in [-0.39, 0.29) is 53.7 Å². The van der Waals surface area contributed by atoms with Crippen LogP contribution in [0.1, 0.15) is 44.9 Å². The quantitative estimate of drug-likeness (QED) is 0.163. The van der Waals surface area contributed by atoms with Crippen molar-refractivity contribution in [3.8, 4) is 0 Å². The number of benzene rings is 2. The summed E-state index contributed by atoms with van der Waals surface area (Å²) >= 11 is 0. The number of nitro benzene ring substituents is 1. The molecule has 1 amide bonds. The third-order valence-corrected chi connectivity index (χ3v) is 4.15. The summed E-state index contributed by atoms with van der Waals surface area (Å²) in [4.78, 5) is 27.1. The molecule has 31 heavy (non-hydrogen) atoms. The van der Waals surface area contributed by atoms with Crippen LogP contribution < -0.4 is 16.0 Å². The van der Waals surface area contributed by atoms with Gasteiger partial charge in [-0.25, -0.2) is 4.99 Å². The van der Waals surface area contributed by atoms with Crippen LogP contribution in [0.4, 0.5) is 5.69 Å². The van der Waals surface area contributed by atoms with Gasteiger partial charge in [-0.3, -0.25) is 14.9 Å². The molecular formula is C22H30IN5O3. The number of halogens is 1. The number of amides is 1. The third kappa shape index (κ3) is 9.77. The number of nitro groups is 1. The normalized spacial score (nSPS) is 12.3. The number of guanidine groups is 1. The summed E-state index contributed by atoms with van der Waals surface area (Å²) in [5.41, 5.74) is 1.63. The Morgan fingerprint density at radius 3 is 2.26 bits per heavy atom. The van der Waals surface area contributed by atoms with Crippen LogP contribution in [0.3, 0.4) is 0 Å². The molecule has 0 aliphatic rings. The van der Waals surface area contributed by atoms with E-state index in [2.05, 4.69) is 20.9 Å². The minimum atomic E-state index is -0.434. The van der Waals surface area contributed by atoms with E-state index in [0.717, 1.165) is 11.1 Å². The smallest absolute Gasteiger partial charge is 0.269 e. The lowest BCUT2D eigenvalue weighted by atomic mass is 10.1. The topological polar surface area (TPSA) is 109 Å². The molecule has 0 bridgehead atoms. The van der Waals surface area contributed by atoms with Crippen molar-refractivity contribution >= 4 is 41.5 Å². The Bertz CT molecular complexity index is 880. The Labute approximate surface area is 200 Å². The maximum atomic E-state index is 12.2. The average Bonchev–Trinajstić information content (AvgIpc) is 2.69. The summed E-state index contributed by atoms with van der Waals surface area (Å²) in [7, 11) is 0. The van der Waals surface area contributed by atoms with Crippen LogP contribution in [0.25, 0.3) is 0 Å². The zero-order valence-corrected chi connectivity index (χ0v) is 20.5. The van der Waals surface area contributed by atoms with Crippen LogP contribution in [-0.4, -0.2) is 28.9 Å². The number of nitrogens with zero attached hydrogens (tertiary/aromatic N) is 2. The van der Waals surface area contributed by atoms with Gasteiger partial charge in [0.1, 0.15) is 0 Å². The molecule has 9 heteroatoms. The van der Waals surface area contributed by atoms with E-state index < -0.39 is 4.92 Å². The molecule has 0 saturated carbocycles. The third-order valence-electron chi connectivity index (χ3n) is 4.15. The molecule has 0 fully saturated rings. The van der Waals surface area contributed by atoms with Crippen molar-refractivity contribution in [3.05, 3.63) is 75.8 Å². The predicted octanol–water partition coefficient (Wildman–Crippen LogP) is 3.92. The first-order valence-corrected chi connectivity index (χ1v) is 9.78. The number of carbonyl (C=O) groups is 1. The fourth-order valence-electron chi connectivity index (χ4n) is 2.70. The average molecular weight is 539 g/mol. The summed E-state index contributed by atoms with van der Waals surface area (Å²) < 4.78 is 0. The lowest BCUT2D eigenvalue weighted by molar-refractivity contribution is -0.384. The van der Waals surface area contributed by atoms with Gasteiger partial charge in [0.05, 0.1) is 24.1 Å². The SMILES string of the molecule is CC(NC(=NCc1ccc([N+](=O)[O-])cc1)NCC(=O)NC(C)(C)C)c1ccccc1.I. The molecule has 2 aromatic carbocycles. The largest absolute Gasteiger partial charge is 0.350 e. The monoisotopic (exact) mass is 539 g/mol. The highest BCUT2D eigenvalue weighted by atomic mass is 127. The molecule has 168 valence electrons. The minimum Gasteiger partial charge on any atom is -0.350 e. The molecule has 3 N–H and O–H groups in total. The maximum Gasteiger partial charge on any atom is 0.269 e. The van der Waals surface area contributed by atoms with Gasteiger partial charge in [-0.05, 0) is 38.8 Å². The Morgan fingerprint density at radius 1 is 1.10 bits per heavy atom. The van der Waals surface area contributed by atoms with E-state index in [9.17, 15) is 14.9 Å².